The first-order valence-corrected chi connectivity index (χ1v) is 6.91. The molecule has 1 rings (SSSR count). The van der Waals surface area contributed by atoms with Crippen molar-refractivity contribution in [3.63, 3.8) is 0 Å². The van der Waals surface area contributed by atoms with Gasteiger partial charge in [0.25, 0.3) is 5.91 Å². The van der Waals surface area contributed by atoms with E-state index in [1.165, 1.54) is 4.90 Å². The number of carbonyl (C=O) groups excluding carboxylic acids is 2. The highest BCUT2D eigenvalue weighted by Crippen LogP contribution is 2.14. The molecule has 0 bridgehead atoms. The molecule has 1 aromatic rings. The molecule has 0 saturated carbocycles. The van der Waals surface area contributed by atoms with Crippen LogP contribution in [0.25, 0.3) is 0 Å². The molecule has 0 spiro atoms. The topological polar surface area (TPSA) is 55.8 Å². The molecule has 0 aromatic heterocycles. The van der Waals surface area contributed by atoms with Crippen LogP contribution in [0.3, 0.4) is 0 Å². The van der Waals surface area contributed by atoms with E-state index < -0.39 is 5.97 Å². The van der Waals surface area contributed by atoms with Crippen molar-refractivity contribution in [2.75, 3.05) is 26.3 Å². The summed E-state index contributed by atoms with van der Waals surface area (Å²) in [5, 5.41) is 0. The smallest absolute Gasteiger partial charge is 0.325 e. The summed E-state index contributed by atoms with van der Waals surface area (Å²) in [6.07, 6.45) is 1.65. The van der Waals surface area contributed by atoms with Gasteiger partial charge in [0.05, 0.1) is 6.61 Å². The van der Waals surface area contributed by atoms with E-state index >= 15 is 0 Å². The number of carbonyl (C=O) groups is 2. The first-order valence-electron chi connectivity index (χ1n) is 6.91. The normalized spacial score (nSPS) is 9.81. The van der Waals surface area contributed by atoms with Crippen LogP contribution >= 0.6 is 0 Å². The number of rotatable bonds is 8. The fraction of sp³-hybridized carbons (Fsp3) is 0.375. The second-order valence-electron chi connectivity index (χ2n) is 4.25. The van der Waals surface area contributed by atoms with Gasteiger partial charge in [-0.2, -0.15) is 0 Å². The minimum absolute atomic E-state index is 0.0438. The Balaban J connectivity index is 2.71. The molecule has 0 aliphatic carbocycles. The lowest BCUT2D eigenvalue weighted by Crippen LogP contribution is -2.36. The molecular formula is C16H21NO4. The quantitative estimate of drug-likeness (QED) is 0.544. The number of ether oxygens (including phenoxy) is 2. The average molecular weight is 291 g/mol. The Morgan fingerprint density at radius 2 is 1.90 bits per heavy atom. The lowest BCUT2D eigenvalue weighted by atomic mass is 10.2. The molecule has 21 heavy (non-hydrogen) atoms. The zero-order valence-electron chi connectivity index (χ0n) is 12.5. The minimum atomic E-state index is -0.404. The van der Waals surface area contributed by atoms with Crippen LogP contribution in [0.4, 0.5) is 0 Å². The van der Waals surface area contributed by atoms with Crippen molar-refractivity contribution in [2.24, 2.45) is 0 Å². The zero-order valence-corrected chi connectivity index (χ0v) is 12.5. The Morgan fingerprint density at radius 1 is 1.24 bits per heavy atom. The Bertz CT molecular complexity index is 482. The van der Waals surface area contributed by atoms with Crippen LogP contribution in [0.15, 0.2) is 36.9 Å². The van der Waals surface area contributed by atoms with Crippen LogP contribution in [0.2, 0.25) is 0 Å². The first kappa shape index (κ1) is 16.8. The third-order valence-corrected chi connectivity index (χ3v) is 2.76. The zero-order chi connectivity index (χ0) is 15.7. The summed E-state index contributed by atoms with van der Waals surface area (Å²) in [7, 11) is 0. The van der Waals surface area contributed by atoms with Gasteiger partial charge < -0.3 is 14.4 Å². The molecule has 0 atom stereocenters. The summed E-state index contributed by atoms with van der Waals surface area (Å²) in [4.78, 5) is 25.2. The predicted octanol–water partition coefficient (Wildman–Crippen LogP) is 2.28. The van der Waals surface area contributed by atoms with Crippen molar-refractivity contribution in [1.29, 1.82) is 0 Å². The summed E-state index contributed by atoms with van der Waals surface area (Å²) in [5.74, 6) is 0.0550. The molecule has 5 nitrogen and oxygen atoms in total. The van der Waals surface area contributed by atoms with Gasteiger partial charge in [-0.15, -0.1) is 0 Å². The number of hydrogen-bond acceptors (Lipinski definition) is 4. The highest BCUT2D eigenvalue weighted by molar-refractivity contribution is 5.96. The maximum atomic E-state index is 12.3. The van der Waals surface area contributed by atoms with E-state index in [0.717, 1.165) is 0 Å². The monoisotopic (exact) mass is 291 g/mol. The second kappa shape index (κ2) is 8.79. The Labute approximate surface area is 125 Å². The molecule has 5 heteroatoms. The van der Waals surface area contributed by atoms with Crippen molar-refractivity contribution < 1.29 is 19.1 Å². The Kier molecular flexibility index (Phi) is 7.01. The third kappa shape index (κ3) is 5.30. The van der Waals surface area contributed by atoms with Gasteiger partial charge in [0, 0.05) is 12.1 Å². The van der Waals surface area contributed by atoms with Gasteiger partial charge in [0.15, 0.2) is 0 Å². The van der Waals surface area contributed by atoms with Crippen LogP contribution in [-0.4, -0.2) is 43.1 Å². The summed E-state index contributed by atoms with van der Waals surface area (Å²) >= 11 is 0. The molecule has 1 aromatic carbocycles. The number of amides is 1. The Hall–Kier alpha value is -2.30. The molecule has 0 aliphatic rings. The summed E-state index contributed by atoms with van der Waals surface area (Å²) in [6, 6.07) is 6.78. The maximum absolute atomic E-state index is 12.3. The maximum Gasteiger partial charge on any atom is 0.325 e. The number of benzene rings is 1. The van der Waals surface area contributed by atoms with Gasteiger partial charge in [-0.05, 0) is 38.1 Å². The summed E-state index contributed by atoms with van der Waals surface area (Å²) in [5.41, 5.74) is 0.507. The highest BCUT2D eigenvalue weighted by Gasteiger charge is 2.17. The van der Waals surface area contributed by atoms with E-state index in [1.54, 1.807) is 37.3 Å². The van der Waals surface area contributed by atoms with Crippen LogP contribution < -0.4 is 4.74 Å². The fourth-order valence-corrected chi connectivity index (χ4v) is 1.72. The molecule has 114 valence electrons. The van der Waals surface area contributed by atoms with Gasteiger partial charge in [0.2, 0.25) is 0 Å². The lowest BCUT2D eigenvalue weighted by molar-refractivity contribution is -0.143. The SMILES string of the molecule is C=CCOc1ccc(C(=O)N(CC)CC(=O)OCC)cc1. The van der Waals surface area contributed by atoms with Crippen molar-refractivity contribution in [1.82, 2.24) is 4.90 Å². The molecular weight excluding hydrogens is 270 g/mol. The molecule has 0 unspecified atom stereocenters. The van der Waals surface area contributed by atoms with Crippen LogP contribution in [0.1, 0.15) is 24.2 Å². The third-order valence-electron chi connectivity index (χ3n) is 2.76. The molecule has 1 amide bonds. The van der Waals surface area contributed by atoms with E-state index in [1.807, 2.05) is 6.92 Å². The molecule has 0 N–H and O–H groups in total. The van der Waals surface area contributed by atoms with E-state index in [9.17, 15) is 9.59 Å². The van der Waals surface area contributed by atoms with Crippen LogP contribution in [0.5, 0.6) is 5.75 Å². The van der Waals surface area contributed by atoms with E-state index in [4.69, 9.17) is 9.47 Å². The van der Waals surface area contributed by atoms with Crippen molar-refractivity contribution in [3.05, 3.63) is 42.5 Å². The Morgan fingerprint density at radius 3 is 2.43 bits per heavy atom. The summed E-state index contributed by atoms with van der Waals surface area (Å²) < 4.78 is 10.2. The van der Waals surface area contributed by atoms with Gasteiger partial charge in [-0.1, -0.05) is 12.7 Å². The second-order valence-corrected chi connectivity index (χ2v) is 4.25. The van der Waals surface area contributed by atoms with Gasteiger partial charge >= 0.3 is 5.97 Å². The van der Waals surface area contributed by atoms with Crippen molar-refractivity contribution in [3.8, 4) is 5.75 Å². The molecule has 0 fully saturated rings. The average Bonchev–Trinajstić information content (AvgIpc) is 2.50. The molecule has 0 radical (unpaired) electrons. The highest BCUT2D eigenvalue weighted by atomic mass is 16.5. The number of hydrogen-bond donors (Lipinski definition) is 0. The largest absolute Gasteiger partial charge is 0.490 e. The number of nitrogens with zero attached hydrogens (tertiary/aromatic N) is 1. The van der Waals surface area contributed by atoms with Crippen LogP contribution in [0, 0.1) is 0 Å². The lowest BCUT2D eigenvalue weighted by Gasteiger charge is -2.19. The molecule has 0 saturated heterocycles. The van der Waals surface area contributed by atoms with E-state index in [-0.39, 0.29) is 12.5 Å². The predicted molar refractivity (Wildman–Crippen MR) is 80.3 cm³/mol. The van der Waals surface area contributed by atoms with Crippen molar-refractivity contribution >= 4 is 11.9 Å². The minimum Gasteiger partial charge on any atom is -0.490 e. The number of likely N-dealkylation sites (N-methyl/N-ethyl adjacent to an activating group) is 1. The standard InChI is InChI=1S/C16H21NO4/c1-4-11-21-14-9-7-13(8-10-14)16(19)17(5-2)12-15(18)20-6-3/h4,7-10H,1,5-6,11-12H2,2-3H3. The van der Waals surface area contributed by atoms with E-state index in [2.05, 4.69) is 6.58 Å². The summed E-state index contributed by atoms with van der Waals surface area (Å²) in [6.45, 7) is 8.23. The van der Waals surface area contributed by atoms with Gasteiger partial charge in [-0.3, -0.25) is 9.59 Å². The molecule has 0 heterocycles. The first-order chi connectivity index (χ1) is 10.1. The van der Waals surface area contributed by atoms with Gasteiger partial charge in [-0.25, -0.2) is 0 Å². The fourth-order valence-electron chi connectivity index (χ4n) is 1.72. The van der Waals surface area contributed by atoms with Crippen molar-refractivity contribution in [2.45, 2.75) is 13.8 Å². The number of esters is 1. The van der Waals surface area contributed by atoms with E-state index in [0.29, 0.717) is 31.1 Å². The van der Waals surface area contributed by atoms with Gasteiger partial charge in [0.1, 0.15) is 18.9 Å². The van der Waals surface area contributed by atoms with Crippen LogP contribution in [-0.2, 0) is 9.53 Å². The molecule has 0 aliphatic heterocycles.